The Balaban J connectivity index is 3.89. The van der Waals surface area contributed by atoms with Gasteiger partial charge in [0.1, 0.15) is 13.2 Å². The molecule has 0 aliphatic carbocycles. The molecular weight excluding hydrogens is 582 g/mol. The van der Waals surface area contributed by atoms with Gasteiger partial charge in [-0.3, -0.25) is 24.6 Å². The monoisotopic (exact) mass is 644 g/mol. The summed E-state index contributed by atoms with van der Waals surface area (Å²) in [6.07, 6.45) is 14.4. The number of carboxylic acids is 1. The lowest BCUT2D eigenvalue weighted by molar-refractivity contribution is -0.150. The number of amides is 2. The van der Waals surface area contributed by atoms with Crippen molar-refractivity contribution in [2.24, 2.45) is 5.41 Å². The van der Waals surface area contributed by atoms with Crippen LogP contribution in [0.25, 0.3) is 0 Å². The van der Waals surface area contributed by atoms with Crippen LogP contribution in [0.5, 0.6) is 0 Å². The predicted octanol–water partition coefficient (Wildman–Crippen LogP) is 4.20. The minimum Gasteiger partial charge on any atom is -0.481 e. The number of carbonyl (C=O) groups excluding carboxylic acids is 3. The third kappa shape index (κ3) is 24.7. The molecular formula is C33H62N3O9. The first-order chi connectivity index (χ1) is 21.8. The number of aliphatic carboxylic acids is 1. The molecule has 0 aromatic carbocycles. The van der Waals surface area contributed by atoms with E-state index in [4.69, 9.17) is 18.9 Å². The molecule has 0 aliphatic rings. The van der Waals surface area contributed by atoms with E-state index in [1.807, 2.05) is 11.9 Å². The van der Waals surface area contributed by atoms with Crippen LogP contribution in [0.1, 0.15) is 111 Å². The minimum atomic E-state index is -0.648. The second-order valence-corrected chi connectivity index (χ2v) is 11.4. The number of rotatable bonds is 34. The van der Waals surface area contributed by atoms with Gasteiger partial charge in [-0.05, 0) is 32.1 Å². The van der Waals surface area contributed by atoms with Crippen molar-refractivity contribution in [3.8, 4) is 0 Å². The molecule has 2 amide bonds. The van der Waals surface area contributed by atoms with E-state index in [1.54, 1.807) is 6.29 Å². The number of carbonyl (C=O) groups is 3. The fourth-order valence-corrected chi connectivity index (χ4v) is 4.97. The van der Waals surface area contributed by atoms with Gasteiger partial charge in [0, 0.05) is 26.1 Å². The number of nitrogens with one attached hydrogen (secondary N) is 2. The predicted molar refractivity (Wildman–Crippen MR) is 173 cm³/mol. The van der Waals surface area contributed by atoms with Crippen molar-refractivity contribution >= 4 is 24.1 Å². The van der Waals surface area contributed by atoms with Gasteiger partial charge in [-0.15, -0.1) is 0 Å². The van der Waals surface area contributed by atoms with Crippen molar-refractivity contribution < 1.29 is 43.2 Å². The summed E-state index contributed by atoms with van der Waals surface area (Å²) in [7, 11) is 0. The fraction of sp³-hybridized carbons (Fsp3) is 0.879. The Morgan fingerprint density at radius 3 is 2.00 bits per heavy atom. The lowest BCUT2D eigenvalue weighted by Crippen LogP contribution is -2.44. The topological polar surface area (TPSA) is 153 Å². The molecule has 1 atom stereocenters. The van der Waals surface area contributed by atoms with E-state index in [-0.39, 0.29) is 31.6 Å². The average molecular weight is 645 g/mol. The molecule has 0 rings (SSSR count). The minimum absolute atomic E-state index is 0.0243. The zero-order valence-corrected chi connectivity index (χ0v) is 28.3. The number of hydrogen-bond donors (Lipinski definition) is 3. The maximum Gasteiger partial charge on any atom is 0.309 e. The lowest BCUT2D eigenvalue weighted by Gasteiger charge is -2.27. The van der Waals surface area contributed by atoms with Crippen LogP contribution < -0.4 is 10.7 Å². The SMILES string of the molecule is CCCCN(CCOCCOCC(=O)NCCOCCOC[C]=O)NC(=O)CCCCCCCCC[C@](CC)(CCC)C(=O)O. The standard InChI is InChI=1S/C33H62N3O9/c1-4-7-19-36(20-23-43-27-28-45-29-31(39)34-18-22-42-25-26-44-24-21-37)35-30(38)15-13-11-9-8-10-12-14-17-33(6-3,16-5-2)32(40)41/h4-20,22-29H2,1-3H3,(H,34,39)(H,35,38)(H,40,41)/t33-/m0/s1. The molecule has 3 N–H and O–H groups in total. The van der Waals surface area contributed by atoms with Gasteiger partial charge >= 0.3 is 5.97 Å². The summed E-state index contributed by atoms with van der Waals surface area (Å²) in [4.78, 5) is 46.0. The normalized spacial score (nSPS) is 12.6. The van der Waals surface area contributed by atoms with E-state index in [2.05, 4.69) is 24.6 Å². The molecule has 0 fully saturated rings. The van der Waals surface area contributed by atoms with Gasteiger partial charge in [-0.25, -0.2) is 5.01 Å². The van der Waals surface area contributed by atoms with Crippen molar-refractivity contribution in [3.63, 3.8) is 0 Å². The van der Waals surface area contributed by atoms with Gasteiger partial charge in [-0.1, -0.05) is 72.1 Å². The molecule has 0 spiro atoms. The van der Waals surface area contributed by atoms with Gasteiger partial charge in [0.15, 0.2) is 0 Å². The largest absolute Gasteiger partial charge is 0.481 e. The molecule has 0 unspecified atom stereocenters. The lowest BCUT2D eigenvalue weighted by atomic mass is 9.76. The van der Waals surface area contributed by atoms with Crippen molar-refractivity contribution in [3.05, 3.63) is 0 Å². The van der Waals surface area contributed by atoms with Crippen LogP contribution in [0.3, 0.4) is 0 Å². The summed E-state index contributed by atoms with van der Waals surface area (Å²) in [6.45, 7) is 9.76. The van der Waals surface area contributed by atoms with Crippen LogP contribution in [0.4, 0.5) is 0 Å². The van der Waals surface area contributed by atoms with Gasteiger partial charge in [0.2, 0.25) is 18.1 Å². The molecule has 0 aromatic rings. The third-order valence-corrected chi connectivity index (χ3v) is 7.69. The maximum absolute atomic E-state index is 12.5. The Labute approximate surface area is 271 Å². The summed E-state index contributed by atoms with van der Waals surface area (Å²) in [5.74, 6) is -0.862. The van der Waals surface area contributed by atoms with Crippen molar-refractivity contribution in [1.29, 1.82) is 0 Å². The van der Waals surface area contributed by atoms with Crippen molar-refractivity contribution in [2.75, 3.05) is 72.5 Å². The highest BCUT2D eigenvalue weighted by Gasteiger charge is 2.34. The van der Waals surface area contributed by atoms with Crippen LogP contribution in [-0.4, -0.2) is 107 Å². The van der Waals surface area contributed by atoms with E-state index in [1.165, 1.54) is 0 Å². The summed E-state index contributed by atoms with van der Waals surface area (Å²) in [5, 5.41) is 14.3. The molecule has 0 heterocycles. The Morgan fingerprint density at radius 1 is 0.711 bits per heavy atom. The Bertz CT molecular complexity index is 757. The number of unbranched alkanes of at least 4 members (excludes halogenated alkanes) is 7. The second-order valence-electron chi connectivity index (χ2n) is 11.4. The quantitative estimate of drug-likeness (QED) is 0.0686. The molecule has 45 heavy (non-hydrogen) atoms. The molecule has 0 aromatic heterocycles. The summed E-state index contributed by atoms with van der Waals surface area (Å²) < 4.78 is 21.1. The van der Waals surface area contributed by atoms with Crippen LogP contribution in [0.2, 0.25) is 0 Å². The molecule has 0 bridgehead atoms. The first-order valence-electron chi connectivity index (χ1n) is 17.1. The van der Waals surface area contributed by atoms with Gasteiger partial charge in [-0.2, -0.15) is 0 Å². The van der Waals surface area contributed by atoms with Gasteiger partial charge in [0.25, 0.3) is 0 Å². The Kier molecular flexibility index (Phi) is 29.1. The second kappa shape index (κ2) is 30.5. The van der Waals surface area contributed by atoms with Gasteiger partial charge in [0.05, 0.1) is 45.1 Å². The number of nitrogens with zero attached hydrogens (tertiary/aromatic N) is 1. The third-order valence-electron chi connectivity index (χ3n) is 7.69. The molecule has 0 saturated carbocycles. The highest BCUT2D eigenvalue weighted by atomic mass is 16.5. The van der Waals surface area contributed by atoms with E-state index < -0.39 is 11.4 Å². The number of ether oxygens (including phenoxy) is 4. The van der Waals surface area contributed by atoms with E-state index >= 15 is 0 Å². The van der Waals surface area contributed by atoms with Crippen LogP contribution >= 0.6 is 0 Å². The van der Waals surface area contributed by atoms with E-state index in [0.717, 1.165) is 83.6 Å². The van der Waals surface area contributed by atoms with E-state index in [9.17, 15) is 24.3 Å². The number of hydrogen-bond acceptors (Lipinski definition) is 9. The highest BCUT2D eigenvalue weighted by Crippen LogP contribution is 2.34. The molecule has 12 heteroatoms. The number of hydrazine groups is 1. The molecule has 12 nitrogen and oxygen atoms in total. The molecule has 1 radical (unpaired) electrons. The first-order valence-corrected chi connectivity index (χ1v) is 17.1. The summed E-state index contributed by atoms with van der Waals surface area (Å²) in [6, 6.07) is 0. The first kappa shape index (κ1) is 42.9. The average Bonchev–Trinajstić information content (AvgIpc) is 3.02. The Morgan fingerprint density at radius 2 is 1.36 bits per heavy atom. The summed E-state index contributed by atoms with van der Waals surface area (Å²) in [5.41, 5.74) is 2.46. The molecule has 0 saturated heterocycles. The van der Waals surface area contributed by atoms with Crippen LogP contribution in [0, 0.1) is 5.41 Å². The number of carboxylic acid groups (broad SMARTS) is 1. The maximum atomic E-state index is 12.5. The fourth-order valence-electron chi connectivity index (χ4n) is 4.97. The highest BCUT2D eigenvalue weighted by molar-refractivity contribution is 5.77. The van der Waals surface area contributed by atoms with Crippen molar-refractivity contribution in [1.82, 2.24) is 15.8 Å². The zero-order valence-electron chi connectivity index (χ0n) is 28.3. The van der Waals surface area contributed by atoms with Gasteiger partial charge < -0.3 is 29.4 Å². The zero-order chi connectivity index (χ0) is 33.4. The molecule has 0 aliphatic heterocycles. The van der Waals surface area contributed by atoms with E-state index in [0.29, 0.717) is 59.0 Å². The van der Waals surface area contributed by atoms with Crippen LogP contribution in [-0.2, 0) is 38.1 Å². The molecule has 263 valence electrons. The van der Waals surface area contributed by atoms with Crippen LogP contribution in [0.15, 0.2) is 0 Å². The van der Waals surface area contributed by atoms with Crippen molar-refractivity contribution in [2.45, 2.75) is 111 Å². The smallest absolute Gasteiger partial charge is 0.309 e. The Hall–Kier alpha value is -2.12. The summed E-state index contributed by atoms with van der Waals surface area (Å²) >= 11 is 0.